The van der Waals surface area contributed by atoms with Gasteiger partial charge in [0.05, 0.1) is 27.7 Å². The number of benzene rings is 4. The van der Waals surface area contributed by atoms with E-state index < -0.39 is 32.1 Å². The van der Waals surface area contributed by atoms with Gasteiger partial charge in [0.15, 0.2) is 6.10 Å². The molecule has 0 radical (unpaired) electrons. The van der Waals surface area contributed by atoms with Crippen molar-refractivity contribution in [3.8, 4) is 5.75 Å². The van der Waals surface area contributed by atoms with E-state index >= 15 is 0 Å². The highest BCUT2D eigenvalue weighted by Gasteiger charge is 2.37. The van der Waals surface area contributed by atoms with E-state index in [9.17, 15) is 21.6 Å². The van der Waals surface area contributed by atoms with Gasteiger partial charge in [0, 0.05) is 10.7 Å². The Kier molecular flexibility index (Phi) is 7.45. The molecule has 206 valence electrons. The predicted molar refractivity (Wildman–Crippen MR) is 154 cm³/mol. The Labute approximate surface area is 237 Å². The Morgan fingerprint density at radius 1 is 0.850 bits per heavy atom. The number of hydrogen-bond acceptors (Lipinski definition) is 6. The molecule has 4 aromatic rings. The van der Waals surface area contributed by atoms with Gasteiger partial charge in [-0.05, 0) is 79.2 Å². The van der Waals surface area contributed by atoms with Crippen molar-refractivity contribution in [1.29, 1.82) is 0 Å². The molecular weight excluding hydrogens is 574 g/mol. The fourth-order valence-electron chi connectivity index (χ4n) is 4.13. The molecule has 1 amide bonds. The molecule has 1 aliphatic rings. The molecule has 0 fully saturated rings. The molecule has 12 heteroatoms. The van der Waals surface area contributed by atoms with Gasteiger partial charge in [-0.2, -0.15) is 0 Å². The van der Waals surface area contributed by atoms with Crippen molar-refractivity contribution in [2.45, 2.75) is 22.8 Å². The SMILES string of the molecule is Cc1ccccc1NS(=O)(=O)c1ccc(NC(=O)C2CN(S(=O)(=O)c3ccc(Cl)cc3)c3ccccc3O2)cc1. The van der Waals surface area contributed by atoms with Gasteiger partial charge in [0.2, 0.25) is 0 Å². The average molecular weight is 598 g/mol. The number of ether oxygens (including phenoxy) is 1. The predicted octanol–water partition coefficient (Wildman–Crippen LogP) is 5.04. The van der Waals surface area contributed by atoms with Gasteiger partial charge in [-0.1, -0.05) is 41.9 Å². The van der Waals surface area contributed by atoms with Crippen LogP contribution in [-0.4, -0.2) is 35.4 Å². The van der Waals surface area contributed by atoms with Gasteiger partial charge in [-0.3, -0.25) is 13.8 Å². The van der Waals surface area contributed by atoms with E-state index in [1.807, 2.05) is 6.07 Å². The third-order valence-corrected chi connectivity index (χ3v) is 9.68. The lowest BCUT2D eigenvalue weighted by atomic mass is 10.2. The molecule has 1 atom stereocenters. The Balaban J connectivity index is 1.34. The maximum absolute atomic E-state index is 13.5. The molecule has 40 heavy (non-hydrogen) atoms. The minimum absolute atomic E-state index is 0.0110. The number of fused-ring (bicyclic) bond motifs is 1. The van der Waals surface area contributed by atoms with Crippen LogP contribution in [0.4, 0.5) is 17.1 Å². The molecule has 1 aliphatic heterocycles. The molecule has 1 heterocycles. The first-order valence-electron chi connectivity index (χ1n) is 12.1. The number of anilines is 3. The van der Waals surface area contributed by atoms with Crippen LogP contribution in [0.25, 0.3) is 0 Å². The van der Waals surface area contributed by atoms with Crippen LogP contribution in [-0.2, 0) is 24.8 Å². The van der Waals surface area contributed by atoms with Crippen LogP contribution in [0.2, 0.25) is 5.02 Å². The van der Waals surface area contributed by atoms with Crippen LogP contribution in [0.1, 0.15) is 5.56 Å². The number of halogens is 1. The topological polar surface area (TPSA) is 122 Å². The largest absolute Gasteiger partial charge is 0.476 e. The van der Waals surface area contributed by atoms with E-state index in [0.29, 0.717) is 22.1 Å². The maximum Gasteiger partial charge on any atom is 0.267 e. The Morgan fingerprint density at radius 2 is 1.48 bits per heavy atom. The number of hydrogen-bond donors (Lipinski definition) is 2. The molecule has 1 unspecified atom stereocenters. The van der Waals surface area contributed by atoms with Crippen molar-refractivity contribution in [3.05, 3.63) is 108 Å². The standard InChI is InChI=1S/C28H24ClN3O6S2/c1-19-6-2-3-7-24(19)31-39(34,35)22-16-12-21(13-17-22)30-28(33)27-18-32(25-8-4-5-9-26(25)38-27)40(36,37)23-14-10-20(29)11-15-23/h2-17,27,31H,18H2,1H3,(H,30,33). The van der Waals surface area contributed by atoms with Gasteiger partial charge >= 0.3 is 0 Å². The van der Waals surface area contributed by atoms with E-state index in [0.717, 1.165) is 9.87 Å². The first-order valence-corrected chi connectivity index (χ1v) is 15.4. The zero-order valence-corrected chi connectivity index (χ0v) is 23.5. The smallest absolute Gasteiger partial charge is 0.267 e. The number of rotatable bonds is 7. The summed E-state index contributed by atoms with van der Waals surface area (Å²) in [6.45, 7) is 1.52. The summed E-state index contributed by atoms with van der Waals surface area (Å²) >= 11 is 5.93. The average Bonchev–Trinajstić information content (AvgIpc) is 2.94. The van der Waals surface area contributed by atoms with E-state index in [2.05, 4.69) is 10.0 Å². The third-order valence-electron chi connectivity index (χ3n) is 6.25. The third kappa shape index (κ3) is 5.62. The molecule has 2 N–H and O–H groups in total. The summed E-state index contributed by atoms with van der Waals surface area (Å²) in [6, 6.07) is 24.9. The second-order valence-corrected chi connectivity index (χ2v) is 13.0. The summed E-state index contributed by atoms with van der Waals surface area (Å²) in [5, 5.41) is 3.07. The van der Waals surface area contributed by atoms with Gasteiger partial charge in [0.1, 0.15) is 5.75 Å². The zero-order chi connectivity index (χ0) is 28.5. The molecule has 4 aromatic carbocycles. The van der Waals surface area contributed by atoms with Gasteiger partial charge < -0.3 is 10.1 Å². The highest BCUT2D eigenvalue weighted by molar-refractivity contribution is 7.93. The monoisotopic (exact) mass is 597 g/mol. The normalized spacial score (nSPS) is 15.1. The molecule has 0 bridgehead atoms. The number of sulfonamides is 2. The van der Waals surface area contributed by atoms with Crippen LogP contribution < -0.4 is 19.1 Å². The van der Waals surface area contributed by atoms with Crippen molar-refractivity contribution >= 4 is 54.6 Å². The number of aryl methyl sites for hydroxylation is 1. The quantitative estimate of drug-likeness (QED) is 0.308. The number of carbonyl (C=O) groups excluding carboxylic acids is 1. The van der Waals surface area contributed by atoms with Gasteiger partial charge in [-0.15, -0.1) is 0 Å². The number of carbonyl (C=O) groups is 1. The molecule has 0 aromatic heterocycles. The molecule has 9 nitrogen and oxygen atoms in total. The summed E-state index contributed by atoms with van der Waals surface area (Å²) in [5.41, 5.74) is 1.86. The summed E-state index contributed by atoms with van der Waals surface area (Å²) in [6.07, 6.45) is -1.18. The van der Waals surface area contributed by atoms with Crippen LogP contribution >= 0.6 is 11.6 Å². The van der Waals surface area contributed by atoms with E-state index in [1.54, 1.807) is 49.4 Å². The minimum atomic E-state index is -4.04. The van der Waals surface area contributed by atoms with E-state index in [-0.39, 0.29) is 22.1 Å². The van der Waals surface area contributed by atoms with Crippen molar-refractivity contribution in [1.82, 2.24) is 0 Å². The zero-order valence-electron chi connectivity index (χ0n) is 21.1. The highest BCUT2D eigenvalue weighted by atomic mass is 35.5. The molecule has 5 rings (SSSR count). The summed E-state index contributed by atoms with van der Waals surface area (Å²) in [5.74, 6) is -0.366. The number of nitrogens with zero attached hydrogens (tertiary/aromatic N) is 1. The van der Waals surface area contributed by atoms with Gasteiger partial charge in [0.25, 0.3) is 26.0 Å². The Hall–Kier alpha value is -4.06. The number of nitrogens with one attached hydrogen (secondary N) is 2. The van der Waals surface area contributed by atoms with Crippen LogP contribution in [0.3, 0.4) is 0 Å². The Bertz CT molecular complexity index is 1780. The first-order chi connectivity index (χ1) is 19.0. The summed E-state index contributed by atoms with van der Waals surface area (Å²) in [7, 11) is -7.90. The highest BCUT2D eigenvalue weighted by Crippen LogP contribution is 2.37. The Morgan fingerprint density at radius 3 is 2.17 bits per heavy atom. The van der Waals surface area contributed by atoms with Crippen LogP contribution in [0, 0.1) is 6.92 Å². The van der Waals surface area contributed by atoms with Crippen molar-refractivity contribution in [2.75, 3.05) is 20.9 Å². The molecular formula is C28H24ClN3O6S2. The van der Waals surface area contributed by atoms with E-state index in [4.69, 9.17) is 16.3 Å². The lowest BCUT2D eigenvalue weighted by Gasteiger charge is -2.34. The summed E-state index contributed by atoms with van der Waals surface area (Å²) < 4.78 is 62.2. The number of para-hydroxylation sites is 3. The molecule has 0 aliphatic carbocycles. The van der Waals surface area contributed by atoms with Crippen molar-refractivity contribution in [2.24, 2.45) is 0 Å². The van der Waals surface area contributed by atoms with Crippen molar-refractivity contribution in [3.63, 3.8) is 0 Å². The summed E-state index contributed by atoms with van der Waals surface area (Å²) in [4.78, 5) is 13.2. The van der Waals surface area contributed by atoms with Crippen LogP contribution in [0.15, 0.2) is 107 Å². The second-order valence-electron chi connectivity index (χ2n) is 9.00. The molecule has 0 saturated heterocycles. The van der Waals surface area contributed by atoms with Crippen LogP contribution in [0.5, 0.6) is 5.75 Å². The fraction of sp³-hybridized carbons (Fsp3) is 0.107. The fourth-order valence-corrected chi connectivity index (χ4v) is 6.86. The van der Waals surface area contributed by atoms with Gasteiger partial charge in [-0.25, -0.2) is 16.8 Å². The first kappa shape index (κ1) is 27.5. The molecule has 0 spiro atoms. The maximum atomic E-state index is 13.5. The minimum Gasteiger partial charge on any atom is -0.476 e. The lowest BCUT2D eigenvalue weighted by Crippen LogP contribution is -2.48. The lowest BCUT2D eigenvalue weighted by molar-refractivity contribution is -0.122. The van der Waals surface area contributed by atoms with E-state index in [1.165, 1.54) is 48.5 Å². The number of amides is 1. The second kappa shape index (κ2) is 10.8. The van der Waals surface area contributed by atoms with Crippen molar-refractivity contribution < 1.29 is 26.4 Å². The molecule has 0 saturated carbocycles.